The summed E-state index contributed by atoms with van der Waals surface area (Å²) in [5, 5.41) is 4.72. The monoisotopic (exact) mass is 308 g/mol. The van der Waals surface area contributed by atoms with Crippen LogP contribution in [0.15, 0.2) is 12.3 Å². The van der Waals surface area contributed by atoms with Crippen molar-refractivity contribution in [3.63, 3.8) is 0 Å². The Balaban J connectivity index is 1.75. The summed E-state index contributed by atoms with van der Waals surface area (Å²) in [4.78, 5) is 12.2. The molecule has 0 radical (unpaired) electrons. The van der Waals surface area contributed by atoms with Gasteiger partial charge in [0, 0.05) is 19.3 Å². The number of carbonyl (C=O) groups is 1. The van der Waals surface area contributed by atoms with Gasteiger partial charge in [-0.2, -0.15) is 5.10 Å². The number of ether oxygens (including phenoxy) is 1. The van der Waals surface area contributed by atoms with E-state index in [1.165, 1.54) is 0 Å². The van der Waals surface area contributed by atoms with Gasteiger partial charge in [-0.15, -0.1) is 0 Å². The van der Waals surface area contributed by atoms with E-state index >= 15 is 0 Å². The smallest absolute Gasteiger partial charge is 0.355 e. The van der Waals surface area contributed by atoms with E-state index in [1.54, 1.807) is 24.0 Å². The van der Waals surface area contributed by atoms with Gasteiger partial charge in [0.15, 0.2) is 0 Å². The fraction of sp³-hybridized carbons (Fsp3) is 0.429. The van der Waals surface area contributed by atoms with Crippen LogP contribution in [0, 0.1) is 6.92 Å². The first kappa shape index (κ1) is 14.0. The van der Waals surface area contributed by atoms with Crippen molar-refractivity contribution in [3.8, 4) is 0 Å². The Labute approximate surface area is 127 Å². The highest BCUT2D eigenvalue weighted by molar-refractivity contribution is 6.31. The maximum atomic E-state index is 12.2. The number of carbonyl (C=O) groups excluding carboxylic acids is 1. The fourth-order valence-corrected chi connectivity index (χ4v) is 2.58. The Bertz CT molecular complexity index is 700. The molecule has 0 aliphatic heterocycles. The molecule has 1 aliphatic carbocycles. The maximum absolute atomic E-state index is 12.2. The van der Waals surface area contributed by atoms with Gasteiger partial charge in [0.25, 0.3) is 0 Å². The van der Waals surface area contributed by atoms with Crippen molar-refractivity contribution in [3.05, 3.63) is 34.4 Å². The molecule has 3 rings (SSSR count). The maximum Gasteiger partial charge on any atom is 0.355 e. The topological polar surface area (TPSA) is 75.1 Å². The third kappa shape index (κ3) is 2.63. The minimum atomic E-state index is -0.395. The molecule has 1 fully saturated rings. The second kappa shape index (κ2) is 5.11. The molecular weight excluding hydrogens is 292 g/mol. The molecule has 6 nitrogen and oxygen atoms in total. The van der Waals surface area contributed by atoms with Crippen LogP contribution in [0.1, 0.15) is 40.8 Å². The number of nitrogens with two attached hydrogens (primary N) is 1. The van der Waals surface area contributed by atoms with Gasteiger partial charge in [0.1, 0.15) is 12.3 Å². The summed E-state index contributed by atoms with van der Waals surface area (Å²) < 4.78 is 8.88. The molecule has 2 aromatic heterocycles. The number of hydrogen-bond acceptors (Lipinski definition) is 4. The molecule has 2 N–H and O–H groups in total. The van der Waals surface area contributed by atoms with Crippen LogP contribution in [0.25, 0.3) is 0 Å². The average Bonchev–Trinajstić information content (AvgIpc) is 3.15. The highest BCUT2D eigenvalue weighted by Gasteiger charge is 2.28. The second-order valence-corrected chi connectivity index (χ2v) is 5.72. The van der Waals surface area contributed by atoms with Crippen molar-refractivity contribution in [1.29, 1.82) is 0 Å². The normalized spacial score (nSPS) is 14.4. The van der Waals surface area contributed by atoms with E-state index in [9.17, 15) is 4.79 Å². The average molecular weight is 309 g/mol. The zero-order chi connectivity index (χ0) is 15.1. The molecule has 112 valence electrons. The lowest BCUT2D eigenvalue weighted by Gasteiger charge is -2.08. The predicted octanol–water partition coefficient (Wildman–Crippen LogP) is 2.46. The van der Waals surface area contributed by atoms with E-state index < -0.39 is 5.97 Å². The Morgan fingerprint density at radius 3 is 2.86 bits per heavy atom. The van der Waals surface area contributed by atoms with Crippen LogP contribution < -0.4 is 5.73 Å². The third-order valence-electron chi connectivity index (χ3n) is 3.62. The number of nitrogen functional groups attached to an aromatic ring is 1. The lowest BCUT2D eigenvalue weighted by Crippen LogP contribution is -2.12. The molecular formula is C14H17ClN4O2. The lowest BCUT2D eigenvalue weighted by atomic mass is 10.3. The van der Waals surface area contributed by atoms with Crippen molar-refractivity contribution in [2.75, 3.05) is 5.73 Å². The van der Waals surface area contributed by atoms with Gasteiger partial charge < -0.3 is 15.0 Å². The Kier molecular flexibility index (Phi) is 3.41. The summed E-state index contributed by atoms with van der Waals surface area (Å²) in [6.07, 6.45) is 3.93. The number of rotatable bonds is 4. The standard InChI is InChI=1S/C14H17ClN4O2/c1-8-13(15)12(18(2)17-8)7-21-14(20)11-5-9(16)6-19(11)10-3-4-10/h5-6,10H,3-4,7,16H2,1-2H3. The number of aryl methyl sites for hydroxylation is 2. The van der Waals surface area contributed by atoms with E-state index in [1.807, 2.05) is 11.5 Å². The molecule has 2 aromatic rings. The van der Waals surface area contributed by atoms with Crippen LogP contribution in [0.4, 0.5) is 5.69 Å². The molecule has 7 heteroatoms. The molecule has 1 aliphatic rings. The number of hydrogen-bond donors (Lipinski definition) is 1. The van der Waals surface area contributed by atoms with Gasteiger partial charge in [0.2, 0.25) is 0 Å². The van der Waals surface area contributed by atoms with Crippen LogP contribution in [-0.2, 0) is 18.4 Å². The van der Waals surface area contributed by atoms with Crippen molar-refractivity contribution in [2.45, 2.75) is 32.4 Å². The predicted molar refractivity (Wildman–Crippen MR) is 79.2 cm³/mol. The van der Waals surface area contributed by atoms with Gasteiger partial charge in [-0.3, -0.25) is 4.68 Å². The summed E-state index contributed by atoms with van der Waals surface area (Å²) in [5.74, 6) is -0.395. The molecule has 0 aromatic carbocycles. The summed E-state index contributed by atoms with van der Waals surface area (Å²) in [6, 6.07) is 2.02. The molecule has 0 spiro atoms. The Morgan fingerprint density at radius 1 is 1.57 bits per heavy atom. The molecule has 0 atom stereocenters. The van der Waals surface area contributed by atoms with Gasteiger partial charge in [-0.1, -0.05) is 11.6 Å². The number of halogens is 1. The minimum absolute atomic E-state index is 0.0881. The van der Waals surface area contributed by atoms with Crippen LogP contribution in [0.5, 0.6) is 0 Å². The Morgan fingerprint density at radius 2 is 2.29 bits per heavy atom. The van der Waals surface area contributed by atoms with E-state index in [-0.39, 0.29) is 6.61 Å². The van der Waals surface area contributed by atoms with Crippen molar-refractivity contribution in [2.24, 2.45) is 7.05 Å². The van der Waals surface area contributed by atoms with Crippen molar-refractivity contribution >= 4 is 23.3 Å². The van der Waals surface area contributed by atoms with E-state index in [2.05, 4.69) is 5.10 Å². The molecule has 21 heavy (non-hydrogen) atoms. The highest BCUT2D eigenvalue weighted by Crippen LogP contribution is 2.37. The van der Waals surface area contributed by atoms with Crippen LogP contribution >= 0.6 is 11.6 Å². The quantitative estimate of drug-likeness (QED) is 0.880. The van der Waals surface area contributed by atoms with Crippen LogP contribution in [0.2, 0.25) is 5.02 Å². The van der Waals surface area contributed by atoms with Gasteiger partial charge in [0.05, 0.1) is 22.1 Å². The lowest BCUT2D eigenvalue weighted by molar-refractivity contribution is 0.0451. The second-order valence-electron chi connectivity index (χ2n) is 5.34. The van der Waals surface area contributed by atoms with Gasteiger partial charge in [-0.25, -0.2) is 4.79 Å². The molecule has 2 heterocycles. The largest absolute Gasteiger partial charge is 0.454 e. The summed E-state index contributed by atoms with van der Waals surface area (Å²) in [7, 11) is 1.77. The van der Waals surface area contributed by atoms with E-state index in [0.29, 0.717) is 28.1 Å². The zero-order valence-electron chi connectivity index (χ0n) is 12.0. The van der Waals surface area contributed by atoms with Gasteiger partial charge in [-0.05, 0) is 25.8 Å². The van der Waals surface area contributed by atoms with Gasteiger partial charge >= 0.3 is 5.97 Å². The van der Waals surface area contributed by atoms with E-state index in [4.69, 9.17) is 22.1 Å². The van der Waals surface area contributed by atoms with Crippen molar-refractivity contribution < 1.29 is 9.53 Å². The minimum Gasteiger partial charge on any atom is -0.454 e. The summed E-state index contributed by atoms with van der Waals surface area (Å²) in [6.45, 7) is 1.90. The molecule has 0 unspecified atom stereocenters. The van der Waals surface area contributed by atoms with Crippen molar-refractivity contribution in [1.82, 2.24) is 14.3 Å². The molecule has 0 amide bonds. The number of esters is 1. The molecule has 0 bridgehead atoms. The van der Waals surface area contributed by atoms with Crippen LogP contribution in [-0.4, -0.2) is 20.3 Å². The SMILES string of the molecule is Cc1nn(C)c(COC(=O)c2cc(N)cn2C2CC2)c1Cl. The van der Waals surface area contributed by atoms with E-state index in [0.717, 1.165) is 18.5 Å². The number of anilines is 1. The number of aromatic nitrogens is 3. The first-order valence-corrected chi connectivity index (χ1v) is 7.17. The fourth-order valence-electron chi connectivity index (χ4n) is 2.36. The first-order valence-electron chi connectivity index (χ1n) is 6.80. The third-order valence-corrected chi connectivity index (χ3v) is 4.11. The first-order chi connectivity index (χ1) is 9.97. The van der Waals surface area contributed by atoms with Crippen LogP contribution in [0.3, 0.4) is 0 Å². The molecule has 1 saturated carbocycles. The summed E-state index contributed by atoms with van der Waals surface area (Å²) >= 11 is 6.14. The molecule has 0 saturated heterocycles. The number of nitrogens with zero attached hydrogens (tertiary/aromatic N) is 3. The highest BCUT2D eigenvalue weighted by atomic mass is 35.5. The summed E-state index contributed by atoms with van der Waals surface area (Å²) in [5.41, 5.74) is 8.24. The Hall–Kier alpha value is -1.95. The zero-order valence-corrected chi connectivity index (χ0v) is 12.7.